The molecule has 0 radical (unpaired) electrons. The summed E-state index contributed by atoms with van der Waals surface area (Å²) >= 11 is 4.00. The topological polar surface area (TPSA) is 20.2 Å². The molecule has 0 spiro atoms. The summed E-state index contributed by atoms with van der Waals surface area (Å²) in [7, 11) is 0. The molecule has 1 N–H and O–H groups in total. The summed E-state index contributed by atoms with van der Waals surface area (Å²) in [5, 5.41) is 11.3. The van der Waals surface area contributed by atoms with Crippen LogP contribution in [0.4, 0.5) is 0 Å². The second-order valence-electron chi connectivity index (χ2n) is 5.04. The van der Waals surface area contributed by atoms with Gasteiger partial charge in [0.25, 0.3) is 0 Å². The van der Waals surface area contributed by atoms with Gasteiger partial charge in [0.15, 0.2) is 0 Å². The van der Waals surface area contributed by atoms with Gasteiger partial charge in [0.05, 0.1) is 6.10 Å². The molecule has 0 aliphatic carbocycles. The first-order valence-electron chi connectivity index (χ1n) is 7.17. The highest BCUT2D eigenvalue weighted by Gasteiger charge is 2.28. The molecular weight excluding hydrogens is 248 g/mol. The van der Waals surface area contributed by atoms with E-state index in [1.54, 1.807) is 0 Å². The number of aliphatic hydroxyl groups is 1. The minimum absolute atomic E-state index is 0.0750. The van der Waals surface area contributed by atoms with Gasteiger partial charge in [-0.1, -0.05) is 52.4 Å². The van der Waals surface area contributed by atoms with Gasteiger partial charge < -0.3 is 5.11 Å². The van der Waals surface area contributed by atoms with Crippen LogP contribution in [-0.2, 0) is 0 Å². The monoisotopic (exact) mass is 276 g/mol. The highest BCUT2D eigenvalue weighted by Crippen LogP contribution is 2.34. The van der Waals surface area contributed by atoms with E-state index in [4.69, 9.17) is 0 Å². The van der Waals surface area contributed by atoms with E-state index in [9.17, 15) is 5.11 Å². The zero-order chi connectivity index (χ0) is 12.5. The summed E-state index contributed by atoms with van der Waals surface area (Å²) in [5.41, 5.74) is 0. The Morgan fingerprint density at radius 2 is 1.71 bits per heavy atom. The van der Waals surface area contributed by atoms with Gasteiger partial charge in [0.1, 0.15) is 0 Å². The van der Waals surface area contributed by atoms with Crippen molar-refractivity contribution in [3.63, 3.8) is 0 Å². The van der Waals surface area contributed by atoms with Crippen LogP contribution < -0.4 is 0 Å². The van der Waals surface area contributed by atoms with Crippen molar-refractivity contribution in [1.29, 1.82) is 0 Å². The molecule has 3 unspecified atom stereocenters. The molecule has 1 aliphatic heterocycles. The quantitative estimate of drug-likeness (QED) is 0.666. The largest absolute Gasteiger partial charge is 0.392 e. The third-order valence-electron chi connectivity index (χ3n) is 3.47. The van der Waals surface area contributed by atoms with E-state index in [2.05, 4.69) is 13.8 Å². The van der Waals surface area contributed by atoms with Crippen molar-refractivity contribution in [3.05, 3.63) is 0 Å². The van der Waals surface area contributed by atoms with Gasteiger partial charge in [-0.05, 0) is 6.42 Å². The average molecular weight is 277 g/mol. The van der Waals surface area contributed by atoms with Crippen LogP contribution in [0.25, 0.3) is 0 Å². The van der Waals surface area contributed by atoms with Crippen LogP contribution in [0.3, 0.4) is 0 Å². The summed E-state index contributed by atoms with van der Waals surface area (Å²) in [5.74, 6) is 2.47. The average Bonchev–Trinajstić information content (AvgIpc) is 2.34. The van der Waals surface area contributed by atoms with E-state index in [1.807, 2.05) is 23.5 Å². The van der Waals surface area contributed by atoms with Gasteiger partial charge in [0, 0.05) is 22.0 Å². The maximum Gasteiger partial charge on any atom is 0.0669 e. The Kier molecular flexibility index (Phi) is 8.85. The SMILES string of the molecule is CCCCCCCCC(O)C1SCCSC1C. The molecule has 1 aliphatic rings. The summed E-state index contributed by atoms with van der Waals surface area (Å²) < 4.78 is 0. The Bertz CT molecular complexity index is 187. The van der Waals surface area contributed by atoms with Crippen LogP contribution in [0, 0.1) is 0 Å². The predicted octanol–water partition coefficient (Wildman–Crippen LogP) is 4.34. The molecule has 0 aromatic heterocycles. The number of hydrogen-bond acceptors (Lipinski definition) is 3. The molecule has 102 valence electrons. The second-order valence-corrected chi connectivity index (χ2v) is 7.81. The molecular formula is C14H28OS2. The molecule has 1 heterocycles. The Morgan fingerprint density at radius 1 is 1.06 bits per heavy atom. The number of aliphatic hydroxyl groups excluding tert-OH is 1. The van der Waals surface area contributed by atoms with Crippen molar-refractivity contribution in [1.82, 2.24) is 0 Å². The maximum atomic E-state index is 10.2. The molecule has 0 aromatic carbocycles. The fourth-order valence-corrected chi connectivity index (χ4v) is 5.26. The molecule has 1 rings (SSSR count). The predicted molar refractivity (Wildman–Crippen MR) is 82.2 cm³/mol. The summed E-state index contributed by atoms with van der Waals surface area (Å²) in [6, 6.07) is 0. The first-order chi connectivity index (χ1) is 8.25. The normalized spacial score (nSPS) is 27.0. The molecule has 3 atom stereocenters. The molecule has 0 amide bonds. The second kappa shape index (κ2) is 9.57. The molecule has 0 bridgehead atoms. The molecule has 1 saturated heterocycles. The molecule has 1 nitrogen and oxygen atoms in total. The first kappa shape index (κ1) is 15.7. The van der Waals surface area contributed by atoms with Crippen LogP contribution in [0.1, 0.15) is 58.8 Å². The number of thioether (sulfide) groups is 2. The van der Waals surface area contributed by atoms with Gasteiger partial charge in [-0.15, -0.1) is 0 Å². The summed E-state index contributed by atoms with van der Waals surface area (Å²) in [4.78, 5) is 0. The zero-order valence-electron chi connectivity index (χ0n) is 11.4. The van der Waals surface area contributed by atoms with E-state index < -0.39 is 0 Å². The Balaban J connectivity index is 2.05. The van der Waals surface area contributed by atoms with Crippen molar-refractivity contribution in [2.75, 3.05) is 11.5 Å². The molecule has 17 heavy (non-hydrogen) atoms. The van der Waals surface area contributed by atoms with Gasteiger partial charge in [-0.25, -0.2) is 0 Å². The van der Waals surface area contributed by atoms with Crippen molar-refractivity contribution in [3.8, 4) is 0 Å². The number of rotatable bonds is 8. The minimum atomic E-state index is -0.0750. The van der Waals surface area contributed by atoms with Gasteiger partial charge >= 0.3 is 0 Å². The molecule has 1 fully saturated rings. The third kappa shape index (κ3) is 6.40. The van der Waals surface area contributed by atoms with Gasteiger partial charge in [0.2, 0.25) is 0 Å². The lowest BCUT2D eigenvalue weighted by molar-refractivity contribution is 0.157. The Morgan fingerprint density at radius 3 is 2.41 bits per heavy atom. The van der Waals surface area contributed by atoms with Crippen molar-refractivity contribution in [2.45, 2.75) is 75.4 Å². The van der Waals surface area contributed by atoms with Crippen LogP contribution in [-0.4, -0.2) is 33.2 Å². The number of hydrogen-bond donors (Lipinski definition) is 1. The lowest BCUT2D eigenvalue weighted by Crippen LogP contribution is -2.34. The highest BCUT2D eigenvalue weighted by molar-refractivity contribution is 8.07. The standard InChI is InChI=1S/C14H28OS2/c1-3-4-5-6-7-8-9-13(15)14-12(2)16-10-11-17-14/h12-15H,3-11H2,1-2H3. The minimum Gasteiger partial charge on any atom is -0.392 e. The molecule has 3 heteroatoms. The van der Waals surface area contributed by atoms with Crippen LogP contribution >= 0.6 is 23.5 Å². The Hall–Kier alpha value is 0.660. The maximum absolute atomic E-state index is 10.2. The summed E-state index contributed by atoms with van der Waals surface area (Å²) in [6.45, 7) is 4.52. The first-order valence-corrected chi connectivity index (χ1v) is 9.26. The van der Waals surface area contributed by atoms with E-state index in [0.717, 1.165) is 6.42 Å². The van der Waals surface area contributed by atoms with E-state index >= 15 is 0 Å². The van der Waals surface area contributed by atoms with Crippen molar-refractivity contribution in [2.24, 2.45) is 0 Å². The lowest BCUT2D eigenvalue weighted by atomic mass is 10.0. The van der Waals surface area contributed by atoms with E-state index in [-0.39, 0.29) is 6.10 Å². The van der Waals surface area contributed by atoms with Gasteiger partial charge in [-0.3, -0.25) is 0 Å². The summed E-state index contributed by atoms with van der Waals surface area (Å²) in [6.07, 6.45) is 8.85. The number of unbranched alkanes of at least 4 members (excludes halogenated alkanes) is 5. The molecule has 0 saturated carbocycles. The molecule has 0 aromatic rings. The van der Waals surface area contributed by atoms with Crippen molar-refractivity contribution < 1.29 is 5.11 Å². The fourth-order valence-electron chi connectivity index (χ4n) is 2.37. The lowest BCUT2D eigenvalue weighted by Gasteiger charge is -2.31. The third-order valence-corrected chi connectivity index (χ3v) is 6.71. The van der Waals surface area contributed by atoms with Crippen LogP contribution in [0.2, 0.25) is 0 Å². The van der Waals surface area contributed by atoms with Gasteiger partial charge in [-0.2, -0.15) is 23.5 Å². The van der Waals surface area contributed by atoms with E-state index in [1.165, 1.54) is 50.0 Å². The fraction of sp³-hybridized carbons (Fsp3) is 1.00. The zero-order valence-corrected chi connectivity index (χ0v) is 13.0. The smallest absolute Gasteiger partial charge is 0.0669 e. The highest BCUT2D eigenvalue weighted by atomic mass is 32.2. The van der Waals surface area contributed by atoms with Crippen LogP contribution in [0.5, 0.6) is 0 Å². The van der Waals surface area contributed by atoms with E-state index in [0.29, 0.717) is 10.5 Å². The van der Waals surface area contributed by atoms with Crippen LogP contribution in [0.15, 0.2) is 0 Å². The Labute approximate surface area is 116 Å². The van der Waals surface area contributed by atoms with Crippen molar-refractivity contribution >= 4 is 23.5 Å².